The number of ether oxygens (including phenoxy) is 1. The standard InChI is InChI=1S/C11H19N3O3S/c1-5-17-11-6-10(13-9(3)14-11)12-8(2)7-18(4,15)16/h6,8H,5,7H2,1-4H3,(H,12,13,14). The first-order chi connectivity index (χ1) is 8.30. The van der Waals surface area contributed by atoms with Crippen LogP contribution in [-0.2, 0) is 9.84 Å². The molecular weight excluding hydrogens is 254 g/mol. The Hall–Kier alpha value is -1.37. The maximum atomic E-state index is 11.2. The van der Waals surface area contributed by atoms with E-state index in [1.165, 1.54) is 6.26 Å². The number of aryl methyl sites for hydroxylation is 1. The van der Waals surface area contributed by atoms with E-state index in [0.29, 0.717) is 24.1 Å². The summed E-state index contributed by atoms with van der Waals surface area (Å²) in [5.41, 5.74) is 0. The van der Waals surface area contributed by atoms with Crippen LogP contribution in [0.3, 0.4) is 0 Å². The second-order valence-electron chi connectivity index (χ2n) is 4.21. The van der Waals surface area contributed by atoms with Gasteiger partial charge in [0.05, 0.1) is 12.4 Å². The summed E-state index contributed by atoms with van der Waals surface area (Å²) in [6.45, 7) is 5.94. The number of nitrogens with zero attached hydrogens (tertiary/aromatic N) is 2. The molecule has 1 rings (SSSR count). The Labute approximate surface area is 108 Å². The molecule has 0 amide bonds. The van der Waals surface area contributed by atoms with Gasteiger partial charge in [-0.2, -0.15) is 4.98 Å². The lowest BCUT2D eigenvalue weighted by Crippen LogP contribution is -2.25. The number of aromatic nitrogens is 2. The highest BCUT2D eigenvalue weighted by atomic mass is 32.2. The average molecular weight is 273 g/mol. The van der Waals surface area contributed by atoms with Crippen LogP contribution in [0.1, 0.15) is 19.7 Å². The zero-order valence-corrected chi connectivity index (χ0v) is 11.9. The molecule has 0 bridgehead atoms. The van der Waals surface area contributed by atoms with E-state index >= 15 is 0 Å². The fraction of sp³-hybridized carbons (Fsp3) is 0.636. The first-order valence-electron chi connectivity index (χ1n) is 5.73. The minimum absolute atomic E-state index is 0.0556. The van der Waals surface area contributed by atoms with E-state index in [9.17, 15) is 8.42 Å². The second kappa shape index (κ2) is 5.99. The third-order valence-corrected chi connectivity index (χ3v) is 3.16. The van der Waals surface area contributed by atoms with Crippen LogP contribution in [0.15, 0.2) is 6.07 Å². The van der Waals surface area contributed by atoms with Crippen molar-refractivity contribution in [2.45, 2.75) is 26.8 Å². The van der Waals surface area contributed by atoms with Crippen molar-refractivity contribution in [3.05, 3.63) is 11.9 Å². The lowest BCUT2D eigenvalue weighted by Gasteiger charge is -2.14. The quantitative estimate of drug-likeness (QED) is 0.833. The fourth-order valence-corrected chi connectivity index (χ4v) is 2.58. The molecule has 18 heavy (non-hydrogen) atoms. The smallest absolute Gasteiger partial charge is 0.218 e. The molecule has 0 aliphatic heterocycles. The van der Waals surface area contributed by atoms with Crippen molar-refractivity contribution in [2.75, 3.05) is 23.9 Å². The maximum absolute atomic E-state index is 11.2. The third-order valence-electron chi connectivity index (χ3n) is 2.05. The number of hydrogen-bond acceptors (Lipinski definition) is 6. The van der Waals surface area contributed by atoms with Crippen LogP contribution >= 0.6 is 0 Å². The SMILES string of the molecule is CCOc1cc(NC(C)CS(C)(=O)=O)nc(C)n1. The number of anilines is 1. The van der Waals surface area contributed by atoms with Crippen LogP contribution in [-0.4, -0.2) is 43.0 Å². The minimum Gasteiger partial charge on any atom is -0.478 e. The molecule has 1 aromatic heterocycles. The highest BCUT2D eigenvalue weighted by molar-refractivity contribution is 7.90. The molecule has 6 nitrogen and oxygen atoms in total. The van der Waals surface area contributed by atoms with E-state index < -0.39 is 9.84 Å². The Morgan fingerprint density at radius 1 is 1.44 bits per heavy atom. The molecule has 0 fully saturated rings. The van der Waals surface area contributed by atoms with Crippen molar-refractivity contribution in [3.8, 4) is 5.88 Å². The molecule has 1 N–H and O–H groups in total. The lowest BCUT2D eigenvalue weighted by molar-refractivity contribution is 0.325. The number of hydrogen-bond donors (Lipinski definition) is 1. The zero-order chi connectivity index (χ0) is 13.8. The number of nitrogens with one attached hydrogen (secondary N) is 1. The molecule has 0 aromatic carbocycles. The van der Waals surface area contributed by atoms with E-state index in [-0.39, 0.29) is 11.8 Å². The summed E-state index contributed by atoms with van der Waals surface area (Å²) in [5.74, 6) is 1.69. The van der Waals surface area contributed by atoms with E-state index in [1.54, 1.807) is 19.9 Å². The predicted octanol–water partition coefficient (Wildman–Crippen LogP) is 1.03. The van der Waals surface area contributed by atoms with Gasteiger partial charge in [-0.1, -0.05) is 0 Å². The zero-order valence-electron chi connectivity index (χ0n) is 11.1. The van der Waals surface area contributed by atoms with Crippen molar-refractivity contribution >= 4 is 15.7 Å². The summed E-state index contributed by atoms with van der Waals surface area (Å²) >= 11 is 0. The molecule has 1 unspecified atom stereocenters. The van der Waals surface area contributed by atoms with Gasteiger partial charge in [0.1, 0.15) is 21.5 Å². The number of rotatable bonds is 6. The molecule has 0 spiro atoms. The maximum Gasteiger partial charge on any atom is 0.218 e. The van der Waals surface area contributed by atoms with Crippen molar-refractivity contribution in [2.24, 2.45) is 0 Å². The Morgan fingerprint density at radius 2 is 2.11 bits per heavy atom. The largest absolute Gasteiger partial charge is 0.478 e. The Kier molecular flexibility index (Phi) is 4.89. The van der Waals surface area contributed by atoms with E-state index in [0.717, 1.165) is 0 Å². The Balaban J connectivity index is 2.77. The van der Waals surface area contributed by atoms with Gasteiger partial charge in [0.2, 0.25) is 5.88 Å². The van der Waals surface area contributed by atoms with Gasteiger partial charge in [0.15, 0.2) is 0 Å². The molecule has 7 heteroatoms. The third kappa shape index (κ3) is 5.31. The summed E-state index contributed by atoms with van der Waals surface area (Å²) < 4.78 is 27.6. The van der Waals surface area contributed by atoms with E-state index in [4.69, 9.17) is 4.74 Å². The molecule has 0 aliphatic carbocycles. The molecule has 0 saturated carbocycles. The molecule has 1 heterocycles. The molecule has 0 saturated heterocycles. The molecule has 1 atom stereocenters. The van der Waals surface area contributed by atoms with Gasteiger partial charge in [-0.05, 0) is 20.8 Å². The van der Waals surface area contributed by atoms with Gasteiger partial charge in [-0.3, -0.25) is 0 Å². The first-order valence-corrected chi connectivity index (χ1v) is 7.79. The van der Waals surface area contributed by atoms with Crippen molar-refractivity contribution in [3.63, 3.8) is 0 Å². The number of sulfone groups is 1. The van der Waals surface area contributed by atoms with Gasteiger partial charge < -0.3 is 10.1 Å². The molecule has 102 valence electrons. The summed E-state index contributed by atoms with van der Waals surface area (Å²) in [5, 5.41) is 3.03. The van der Waals surface area contributed by atoms with E-state index in [1.807, 2.05) is 6.92 Å². The summed E-state index contributed by atoms with van der Waals surface area (Å²) in [4.78, 5) is 8.30. The van der Waals surface area contributed by atoms with Gasteiger partial charge >= 0.3 is 0 Å². The topological polar surface area (TPSA) is 81.2 Å². The van der Waals surface area contributed by atoms with Gasteiger partial charge in [0, 0.05) is 18.4 Å². The normalized spacial score (nSPS) is 13.1. The monoisotopic (exact) mass is 273 g/mol. The summed E-state index contributed by atoms with van der Waals surface area (Å²) in [6, 6.07) is 1.44. The molecule has 0 radical (unpaired) electrons. The van der Waals surface area contributed by atoms with Crippen molar-refractivity contribution in [1.29, 1.82) is 0 Å². The summed E-state index contributed by atoms with van der Waals surface area (Å²) in [7, 11) is -3.01. The first kappa shape index (κ1) is 14.7. The van der Waals surface area contributed by atoms with Gasteiger partial charge in [0.25, 0.3) is 0 Å². The predicted molar refractivity (Wildman–Crippen MR) is 70.7 cm³/mol. The molecule has 0 aliphatic rings. The van der Waals surface area contributed by atoms with Crippen LogP contribution in [0.4, 0.5) is 5.82 Å². The van der Waals surface area contributed by atoms with Crippen LogP contribution in [0, 0.1) is 6.92 Å². The molecule has 1 aromatic rings. The highest BCUT2D eigenvalue weighted by Gasteiger charge is 2.11. The van der Waals surface area contributed by atoms with Crippen molar-refractivity contribution < 1.29 is 13.2 Å². The van der Waals surface area contributed by atoms with Crippen LogP contribution in [0.2, 0.25) is 0 Å². The Bertz CT molecular complexity index is 502. The minimum atomic E-state index is -3.01. The van der Waals surface area contributed by atoms with Crippen LogP contribution < -0.4 is 10.1 Å². The Morgan fingerprint density at radius 3 is 2.67 bits per heavy atom. The molecular formula is C11H19N3O3S. The summed E-state index contributed by atoms with van der Waals surface area (Å²) in [6.07, 6.45) is 1.21. The fourth-order valence-electron chi connectivity index (χ4n) is 1.58. The van der Waals surface area contributed by atoms with Crippen LogP contribution in [0.25, 0.3) is 0 Å². The van der Waals surface area contributed by atoms with Gasteiger partial charge in [-0.25, -0.2) is 13.4 Å². The van der Waals surface area contributed by atoms with Gasteiger partial charge in [-0.15, -0.1) is 0 Å². The van der Waals surface area contributed by atoms with E-state index in [2.05, 4.69) is 15.3 Å². The average Bonchev–Trinajstić information content (AvgIpc) is 2.12. The second-order valence-corrected chi connectivity index (χ2v) is 6.39. The lowest BCUT2D eigenvalue weighted by atomic mass is 10.4. The van der Waals surface area contributed by atoms with Crippen LogP contribution in [0.5, 0.6) is 5.88 Å². The van der Waals surface area contributed by atoms with Crippen molar-refractivity contribution in [1.82, 2.24) is 9.97 Å². The highest BCUT2D eigenvalue weighted by Crippen LogP contribution is 2.14.